The van der Waals surface area contributed by atoms with Gasteiger partial charge in [-0.05, 0) is 36.8 Å². The number of aromatic nitrogens is 2. The molecule has 1 aromatic heterocycles. The second-order valence-electron chi connectivity index (χ2n) is 6.32. The molecule has 0 bridgehead atoms. The molecule has 1 amide bonds. The lowest BCUT2D eigenvalue weighted by atomic mass is 10.1. The van der Waals surface area contributed by atoms with Crippen LogP contribution in [0.3, 0.4) is 0 Å². The molecule has 3 aromatic rings. The van der Waals surface area contributed by atoms with E-state index in [1.54, 1.807) is 6.92 Å². The molecular weight excluding hydrogens is 456 g/mol. The van der Waals surface area contributed by atoms with Gasteiger partial charge < -0.3 is 20.4 Å². The predicted molar refractivity (Wildman–Crippen MR) is 108 cm³/mol. The molecule has 0 radical (unpaired) electrons. The van der Waals surface area contributed by atoms with Crippen molar-refractivity contribution < 1.29 is 32.0 Å². The maximum atomic E-state index is 12.4. The summed E-state index contributed by atoms with van der Waals surface area (Å²) in [5.41, 5.74) is 0.974. The maximum absolute atomic E-state index is 12.4. The molecule has 1 unspecified atom stereocenters. The maximum Gasteiger partial charge on any atom is 0.471 e. The largest absolute Gasteiger partial charge is 0.471 e. The summed E-state index contributed by atoms with van der Waals surface area (Å²) < 4.78 is 53.7. The van der Waals surface area contributed by atoms with E-state index in [0.29, 0.717) is 5.56 Å². The lowest BCUT2D eigenvalue weighted by Crippen LogP contribution is -2.33. The van der Waals surface area contributed by atoms with Gasteiger partial charge in [0.25, 0.3) is 5.91 Å². The van der Waals surface area contributed by atoms with Crippen LogP contribution in [0.15, 0.2) is 47.0 Å². The van der Waals surface area contributed by atoms with Gasteiger partial charge in [0.15, 0.2) is 0 Å². The van der Waals surface area contributed by atoms with Crippen molar-refractivity contribution in [1.29, 1.82) is 5.41 Å². The molecule has 3 rings (SSSR count). The van der Waals surface area contributed by atoms with Gasteiger partial charge in [-0.1, -0.05) is 35.0 Å². The number of nitrogens with one attached hydrogen (secondary N) is 2. The molecule has 0 aliphatic heterocycles. The number of aliphatic hydroxyl groups excluding tert-OH is 1. The van der Waals surface area contributed by atoms with Crippen molar-refractivity contribution in [3.8, 4) is 11.4 Å². The van der Waals surface area contributed by atoms with Crippen LogP contribution in [0.4, 0.5) is 17.6 Å². The first-order chi connectivity index (χ1) is 15.0. The summed E-state index contributed by atoms with van der Waals surface area (Å²) in [6.07, 6.45) is -3.67. The molecule has 12 heteroatoms. The Balaban J connectivity index is 0.000000303. The third-order valence-electron chi connectivity index (χ3n) is 3.85. The number of alkyl halides is 3. The van der Waals surface area contributed by atoms with Crippen LogP contribution >= 0.6 is 11.6 Å². The molecular formula is C20H17ClF4N4O3. The third kappa shape index (κ3) is 6.86. The first-order valence-electron chi connectivity index (χ1n) is 8.92. The molecule has 0 aliphatic carbocycles. The molecule has 0 spiro atoms. The highest BCUT2D eigenvalue weighted by molar-refractivity contribution is 6.31. The Bertz CT molecular complexity index is 1090. The van der Waals surface area contributed by atoms with E-state index in [0.717, 1.165) is 6.21 Å². The zero-order chi connectivity index (χ0) is 23.9. The molecule has 7 nitrogen and oxygen atoms in total. The highest BCUT2D eigenvalue weighted by Crippen LogP contribution is 2.29. The molecule has 32 heavy (non-hydrogen) atoms. The van der Waals surface area contributed by atoms with E-state index >= 15 is 0 Å². The van der Waals surface area contributed by atoms with Crippen molar-refractivity contribution in [1.82, 2.24) is 15.5 Å². The minimum absolute atomic E-state index is 0.154. The molecule has 0 fully saturated rings. The molecule has 2 aromatic carbocycles. The fourth-order valence-electron chi connectivity index (χ4n) is 2.24. The Hall–Kier alpha value is -3.31. The summed E-state index contributed by atoms with van der Waals surface area (Å²) in [5.74, 6) is -2.56. The van der Waals surface area contributed by atoms with E-state index in [1.165, 1.54) is 42.5 Å². The number of nitrogens with zero attached hydrogens (tertiary/aromatic N) is 2. The number of halogens is 5. The van der Waals surface area contributed by atoms with Gasteiger partial charge in [0.1, 0.15) is 5.82 Å². The van der Waals surface area contributed by atoms with Crippen LogP contribution in [0.5, 0.6) is 0 Å². The number of carbonyl (C=O) groups excluding carboxylic acids is 1. The van der Waals surface area contributed by atoms with Gasteiger partial charge in [0.05, 0.1) is 12.6 Å². The standard InChI is InChI=1S/C13H11F3N4O2.C7H6ClFO/c1-7(6-17)18-11(21)9-4-2-3-8(5-9)10-19-12(22-20-10)13(14,15)16;8-7-3-6(9)2-1-5(7)4-10/h2-7,17H,1H3,(H,18,21);1-3,10H,4H2. The van der Waals surface area contributed by atoms with Gasteiger partial charge >= 0.3 is 12.1 Å². The van der Waals surface area contributed by atoms with Crippen molar-refractivity contribution in [2.45, 2.75) is 25.7 Å². The highest BCUT2D eigenvalue weighted by atomic mass is 35.5. The SMILES string of the molecule is CC(C=N)NC(=O)c1cccc(-c2noc(C(F)(F)F)n2)c1.OCc1ccc(F)cc1Cl. The minimum atomic E-state index is -4.72. The zero-order valence-electron chi connectivity index (χ0n) is 16.5. The van der Waals surface area contributed by atoms with Crippen LogP contribution in [-0.2, 0) is 12.8 Å². The zero-order valence-corrected chi connectivity index (χ0v) is 17.2. The molecule has 1 heterocycles. The summed E-state index contributed by atoms with van der Waals surface area (Å²) in [5, 5.41) is 21.7. The summed E-state index contributed by atoms with van der Waals surface area (Å²) >= 11 is 5.53. The number of aliphatic hydroxyl groups is 1. The fourth-order valence-corrected chi connectivity index (χ4v) is 2.46. The molecule has 3 N–H and O–H groups in total. The van der Waals surface area contributed by atoms with Crippen LogP contribution in [0.25, 0.3) is 11.4 Å². The van der Waals surface area contributed by atoms with Crippen molar-refractivity contribution >= 4 is 23.7 Å². The topological polar surface area (TPSA) is 112 Å². The summed E-state index contributed by atoms with van der Waals surface area (Å²) in [6.45, 7) is 1.46. The van der Waals surface area contributed by atoms with Gasteiger partial charge in [0.2, 0.25) is 5.82 Å². The smallest absolute Gasteiger partial charge is 0.392 e. The Morgan fingerprint density at radius 2 is 2.03 bits per heavy atom. The van der Waals surface area contributed by atoms with Gasteiger partial charge in [0, 0.05) is 22.4 Å². The van der Waals surface area contributed by atoms with Gasteiger partial charge in [-0.2, -0.15) is 18.2 Å². The quantitative estimate of drug-likeness (QED) is 0.374. The van der Waals surface area contributed by atoms with Crippen molar-refractivity contribution in [2.24, 2.45) is 0 Å². The number of hydrogen-bond acceptors (Lipinski definition) is 6. The molecule has 1 atom stereocenters. The van der Waals surface area contributed by atoms with E-state index in [2.05, 4.69) is 20.0 Å². The van der Waals surface area contributed by atoms with Gasteiger partial charge in [-0.25, -0.2) is 4.39 Å². The number of hydrogen-bond donors (Lipinski definition) is 3. The third-order valence-corrected chi connectivity index (χ3v) is 4.20. The monoisotopic (exact) mass is 472 g/mol. The van der Waals surface area contributed by atoms with Gasteiger partial charge in [-0.3, -0.25) is 4.79 Å². The average molecular weight is 473 g/mol. The number of carbonyl (C=O) groups is 1. The lowest BCUT2D eigenvalue weighted by Gasteiger charge is -2.08. The molecule has 0 aliphatic rings. The number of rotatable bonds is 5. The first-order valence-corrected chi connectivity index (χ1v) is 9.30. The van der Waals surface area contributed by atoms with Crippen LogP contribution < -0.4 is 5.32 Å². The normalized spacial score (nSPS) is 11.8. The van der Waals surface area contributed by atoms with E-state index in [-0.39, 0.29) is 34.4 Å². The first kappa shape index (κ1) is 25.0. The van der Waals surface area contributed by atoms with Crippen molar-refractivity contribution in [3.05, 3.63) is 70.3 Å². The summed E-state index contributed by atoms with van der Waals surface area (Å²) in [4.78, 5) is 15.2. The second kappa shape index (κ2) is 10.8. The number of amides is 1. The Kier molecular flexibility index (Phi) is 8.44. The number of benzene rings is 2. The summed E-state index contributed by atoms with van der Waals surface area (Å²) in [6, 6.07) is 9.21. The molecule has 170 valence electrons. The fraction of sp³-hybridized carbons (Fsp3) is 0.200. The van der Waals surface area contributed by atoms with Crippen LogP contribution in [-0.4, -0.2) is 33.4 Å². The van der Waals surface area contributed by atoms with E-state index in [9.17, 15) is 22.4 Å². The van der Waals surface area contributed by atoms with Crippen LogP contribution in [0.1, 0.15) is 28.7 Å². The van der Waals surface area contributed by atoms with Gasteiger partial charge in [-0.15, -0.1) is 0 Å². The molecule has 0 saturated carbocycles. The van der Waals surface area contributed by atoms with Crippen LogP contribution in [0, 0.1) is 11.2 Å². The van der Waals surface area contributed by atoms with Crippen molar-refractivity contribution in [2.75, 3.05) is 0 Å². The Morgan fingerprint density at radius 1 is 1.31 bits per heavy atom. The predicted octanol–water partition coefficient (Wildman–Crippen LogP) is 4.49. The lowest BCUT2D eigenvalue weighted by molar-refractivity contribution is -0.159. The Labute approximate surface area is 184 Å². The average Bonchev–Trinajstić information content (AvgIpc) is 3.25. The van der Waals surface area contributed by atoms with E-state index in [4.69, 9.17) is 22.1 Å². The highest BCUT2D eigenvalue weighted by Gasteiger charge is 2.38. The summed E-state index contributed by atoms with van der Waals surface area (Å²) in [7, 11) is 0. The minimum Gasteiger partial charge on any atom is -0.392 e. The second-order valence-corrected chi connectivity index (χ2v) is 6.73. The Morgan fingerprint density at radius 3 is 2.59 bits per heavy atom. The van der Waals surface area contributed by atoms with Crippen LogP contribution in [0.2, 0.25) is 5.02 Å². The van der Waals surface area contributed by atoms with E-state index in [1.807, 2.05) is 0 Å². The van der Waals surface area contributed by atoms with E-state index < -0.39 is 24.0 Å². The van der Waals surface area contributed by atoms with Crippen molar-refractivity contribution in [3.63, 3.8) is 0 Å². The molecule has 0 saturated heterocycles.